The molecule has 1 fully saturated rings. The minimum Gasteiger partial charge on any atom is -0.495 e. The molecule has 12 heteroatoms. The third-order valence-corrected chi connectivity index (χ3v) is 9.51. The number of nitrogens with zero attached hydrogens (tertiary/aromatic N) is 5. The molecular formula is C41H47N7O5. The van der Waals surface area contributed by atoms with Crippen molar-refractivity contribution in [1.29, 1.82) is 0 Å². The lowest BCUT2D eigenvalue weighted by molar-refractivity contribution is -0.132. The first-order valence-corrected chi connectivity index (χ1v) is 18.0. The number of aryl methyl sites for hydroxylation is 1. The van der Waals surface area contributed by atoms with E-state index in [2.05, 4.69) is 27.2 Å². The van der Waals surface area contributed by atoms with Crippen LogP contribution in [0.2, 0.25) is 0 Å². The molecule has 12 nitrogen and oxygen atoms in total. The van der Waals surface area contributed by atoms with E-state index in [0.29, 0.717) is 64.8 Å². The molecule has 0 bridgehead atoms. The van der Waals surface area contributed by atoms with Crippen molar-refractivity contribution in [3.63, 3.8) is 0 Å². The normalized spacial score (nSPS) is 13.2. The van der Waals surface area contributed by atoms with Crippen molar-refractivity contribution in [2.45, 2.75) is 39.0 Å². The van der Waals surface area contributed by atoms with Crippen LogP contribution in [0.25, 0.3) is 11.0 Å². The number of hydrogen-bond donors (Lipinski definition) is 2. The van der Waals surface area contributed by atoms with Crippen LogP contribution in [0, 0.1) is 6.92 Å². The fourth-order valence-corrected chi connectivity index (χ4v) is 6.41. The number of piperazine rings is 1. The number of likely N-dealkylation sites (N-methyl/N-ethyl adjacent to an activating group) is 1. The van der Waals surface area contributed by atoms with E-state index in [9.17, 15) is 14.4 Å². The van der Waals surface area contributed by atoms with Gasteiger partial charge in [0.25, 0.3) is 11.8 Å². The number of ether oxygens (including phenoxy) is 2. The number of hydrogen-bond acceptors (Lipinski definition) is 8. The van der Waals surface area contributed by atoms with E-state index in [1.807, 2.05) is 54.3 Å². The molecule has 5 aromatic rings. The maximum atomic E-state index is 13.8. The first-order valence-electron chi connectivity index (χ1n) is 18.0. The fraction of sp³-hybridized carbons (Fsp3) is 0.341. The molecule has 0 atom stereocenters. The van der Waals surface area contributed by atoms with E-state index in [1.165, 1.54) is 7.11 Å². The van der Waals surface area contributed by atoms with Crippen LogP contribution in [0.15, 0.2) is 79.0 Å². The number of pyridine rings is 1. The van der Waals surface area contributed by atoms with Crippen molar-refractivity contribution < 1.29 is 23.9 Å². The Morgan fingerprint density at radius 2 is 1.75 bits per heavy atom. The number of H-pyrrole nitrogens is 1. The van der Waals surface area contributed by atoms with Crippen molar-refractivity contribution in [2.75, 3.05) is 64.2 Å². The monoisotopic (exact) mass is 717 g/mol. The van der Waals surface area contributed by atoms with Gasteiger partial charge in [-0.3, -0.25) is 19.4 Å². The highest BCUT2D eigenvalue weighted by Crippen LogP contribution is 2.32. The second-order valence-electron chi connectivity index (χ2n) is 13.4. The van der Waals surface area contributed by atoms with Crippen molar-refractivity contribution >= 4 is 40.1 Å². The fourth-order valence-electron chi connectivity index (χ4n) is 6.41. The number of carbonyl (C=O) groups excluding carboxylic acids is 3. The zero-order chi connectivity index (χ0) is 37.3. The number of fused-ring (bicyclic) bond motifs is 1. The summed E-state index contributed by atoms with van der Waals surface area (Å²) in [5, 5.41) is 2.94. The molecule has 1 aliphatic heterocycles. The van der Waals surface area contributed by atoms with E-state index < -0.39 is 0 Å². The van der Waals surface area contributed by atoms with Crippen molar-refractivity contribution in [3.8, 4) is 11.5 Å². The molecule has 2 aromatic heterocycles. The Hall–Kier alpha value is -5.75. The van der Waals surface area contributed by atoms with Gasteiger partial charge >= 0.3 is 0 Å². The predicted molar refractivity (Wildman–Crippen MR) is 206 cm³/mol. The quantitative estimate of drug-likeness (QED) is 0.132. The summed E-state index contributed by atoms with van der Waals surface area (Å²) in [6.07, 6.45) is 5.29. The number of carbonyl (C=O) groups is 3. The number of anilines is 2. The van der Waals surface area contributed by atoms with Crippen LogP contribution < -0.4 is 19.7 Å². The van der Waals surface area contributed by atoms with Gasteiger partial charge in [-0.15, -0.1) is 0 Å². The van der Waals surface area contributed by atoms with Gasteiger partial charge in [0.2, 0.25) is 5.91 Å². The van der Waals surface area contributed by atoms with E-state index in [1.54, 1.807) is 48.5 Å². The van der Waals surface area contributed by atoms with Crippen LogP contribution >= 0.6 is 0 Å². The number of benzene rings is 3. The molecule has 0 aliphatic carbocycles. The van der Waals surface area contributed by atoms with Gasteiger partial charge in [0, 0.05) is 63.5 Å². The molecule has 0 saturated carbocycles. The third kappa shape index (κ3) is 9.19. The summed E-state index contributed by atoms with van der Waals surface area (Å²) in [5.74, 6) is 1.26. The molecule has 3 amide bonds. The topological polar surface area (TPSA) is 133 Å². The number of imidazole rings is 1. The summed E-state index contributed by atoms with van der Waals surface area (Å²) in [6.45, 7) is 5.90. The first-order chi connectivity index (χ1) is 25.7. The number of aromatic amines is 1. The van der Waals surface area contributed by atoms with Gasteiger partial charge in [0.15, 0.2) is 0 Å². The second-order valence-corrected chi connectivity index (χ2v) is 13.4. The molecule has 0 unspecified atom stereocenters. The molecule has 3 aromatic carbocycles. The zero-order valence-corrected chi connectivity index (χ0v) is 30.9. The summed E-state index contributed by atoms with van der Waals surface area (Å²) in [5.41, 5.74) is 5.01. The Morgan fingerprint density at radius 3 is 2.53 bits per heavy atom. The van der Waals surface area contributed by atoms with Gasteiger partial charge in [-0.2, -0.15) is 0 Å². The average molecular weight is 718 g/mol. The molecule has 2 N–H and O–H groups in total. The summed E-state index contributed by atoms with van der Waals surface area (Å²) in [4.78, 5) is 58.0. The molecule has 276 valence electrons. The molecule has 1 aliphatic rings. The first kappa shape index (κ1) is 37.0. The summed E-state index contributed by atoms with van der Waals surface area (Å²) < 4.78 is 11.8. The van der Waals surface area contributed by atoms with Crippen LogP contribution in [0.5, 0.6) is 11.5 Å². The lowest BCUT2D eigenvalue weighted by Gasteiger charge is -2.32. The number of unbranched alkanes of at least 4 members (excludes halogenated alkanes) is 2. The van der Waals surface area contributed by atoms with Crippen LogP contribution in [-0.4, -0.2) is 96.5 Å². The number of aromatic nitrogens is 3. The van der Waals surface area contributed by atoms with Gasteiger partial charge < -0.3 is 34.5 Å². The lowest BCUT2D eigenvalue weighted by Crippen LogP contribution is -2.47. The number of amides is 3. The van der Waals surface area contributed by atoms with E-state index in [-0.39, 0.29) is 17.7 Å². The highest BCUT2D eigenvalue weighted by atomic mass is 16.5. The van der Waals surface area contributed by atoms with Crippen molar-refractivity contribution in [3.05, 3.63) is 107 Å². The van der Waals surface area contributed by atoms with Crippen LogP contribution in [0.4, 0.5) is 11.4 Å². The maximum Gasteiger partial charge on any atom is 0.258 e. The standard InChI is InChI=1S/C41H47N7O5/c1-28-15-18-34(36(25-28)53-24-9-5-6-14-38(49)48-22-20-46(2)21-23-48)47(3)41(51)29-16-17-32(35(26-29)52-4)44-40(50)31-12-10-13-33-39(31)45-37(43-33)27-30-11-7-8-19-42-30/h7-8,10-13,15-19,25-26H,5-6,9,14,20-24,27H2,1-4H3,(H,43,45)(H,44,50). The van der Waals surface area contributed by atoms with E-state index in [0.717, 1.165) is 62.2 Å². The smallest absolute Gasteiger partial charge is 0.258 e. The summed E-state index contributed by atoms with van der Waals surface area (Å²) >= 11 is 0. The van der Waals surface area contributed by atoms with E-state index >= 15 is 0 Å². The molecule has 0 radical (unpaired) electrons. The predicted octanol–water partition coefficient (Wildman–Crippen LogP) is 6.11. The SMILES string of the molecule is COc1cc(C(=O)N(C)c2ccc(C)cc2OCCCCCC(=O)N2CCN(C)CC2)ccc1NC(=O)c1cccc2[nH]c(Cc3ccccn3)nc12. The average Bonchev–Trinajstić information content (AvgIpc) is 3.59. The third-order valence-electron chi connectivity index (χ3n) is 9.51. The van der Waals surface area contributed by atoms with Gasteiger partial charge in [0.1, 0.15) is 22.8 Å². The Bertz CT molecular complexity index is 2060. The minimum atomic E-state index is -0.357. The van der Waals surface area contributed by atoms with Gasteiger partial charge in [-0.1, -0.05) is 18.2 Å². The lowest BCUT2D eigenvalue weighted by atomic mass is 10.1. The zero-order valence-electron chi connectivity index (χ0n) is 30.9. The molecule has 6 rings (SSSR count). The number of rotatable bonds is 14. The van der Waals surface area contributed by atoms with Gasteiger partial charge in [0.05, 0.1) is 36.2 Å². The van der Waals surface area contributed by atoms with Crippen molar-refractivity contribution in [2.24, 2.45) is 0 Å². The summed E-state index contributed by atoms with van der Waals surface area (Å²) in [7, 11) is 5.28. The van der Waals surface area contributed by atoms with Crippen LogP contribution in [0.3, 0.4) is 0 Å². The Balaban J connectivity index is 1.07. The molecule has 3 heterocycles. The highest BCUT2D eigenvalue weighted by molar-refractivity contribution is 6.12. The molecule has 53 heavy (non-hydrogen) atoms. The maximum absolute atomic E-state index is 13.8. The Morgan fingerprint density at radius 1 is 0.925 bits per heavy atom. The molecular weight excluding hydrogens is 670 g/mol. The van der Waals surface area contributed by atoms with E-state index in [4.69, 9.17) is 14.5 Å². The van der Waals surface area contributed by atoms with Crippen molar-refractivity contribution in [1.82, 2.24) is 24.8 Å². The Kier molecular flexibility index (Phi) is 12.0. The van der Waals surface area contributed by atoms with Crippen LogP contribution in [0.1, 0.15) is 63.5 Å². The van der Waals surface area contributed by atoms with Gasteiger partial charge in [-0.25, -0.2) is 4.98 Å². The largest absolute Gasteiger partial charge is 0.495 e. The number of methoxy groups -OCH3 is 1. The highest BCUT2D eigenvalue weighted by Gasteiger charge is 2.22. The number of nitrogens with one attached hydrogen (secondary N) is 2. The second kappa shape index (κ2) is 17.2. The molecule has 1 saturated heterocycles. The van der Waals surface area contributed by atoms with Crippen LogP contribution in [-0.2, 0) is 11.2 Å². The minimum absolute atomic E-state index is 0.227. The summed E-state index contributed by atoms with van der Waals surface area (Å²) in [6, 6.07) is 21.8. The van der Waals surface area contributed by atoms with Gasteiger partial charge in [-0.05, 0) is 93.4 Å². The molecule has 0 spiro atoms. The Labute approximate surface area is 310 Å². The number of para-hydroxylation sites is 1.